The van der Waals surface area contributed by atoms with Gasteiger partial charge in [-0.15, -0.1) is 0 Å². The van der Waals surface area contributed by atoms with Gasteiger partial charge in [-0.2, -0.15) is 0 Å². The molecule has 12 atom stereocenters. The Morgan fingerprint density at radius 2 is 1.52 bits per heavy atom. The van der Waals surface area contributed by atoms with E-state index in [1.54, 1.807) is 0 Å². The second-order valence-corrected chi connectivity index (χ2v) is 9.49. The fourth-order valence-electron chi connectivity index (χ4n) is 3.92. The Hall–Kier alpha value is -2.52. The van der Waals surface area contributed by atoms with E-state index in [1.165, 1.54) is 13.8 Å². The highest BCUT2D eigenvalue weighted by atomic mass is 16.8. The molecule has 2 aliphatic heterocycles. The van der Waals surface area contributed by atoms with Gasteiger partial charge in [0.05, 0.1) is 19.1 Å². The van der Waals surface area contributed by atoms with E-state index in [2.05, 4.69) is 16.0 Å². The zero-order chi connectivity index (χ0) is 30.3. The van der Waals surface area contributed by atoms with Crippen LogP contribution in [0.2, 0.25) is 0 Å². The van der Waals surface area contributed by atoms with Gasteiger partial charge in [0.2, 0.25) is 17.7 Å². The third-order valence-electron chi connectivity index (χ3n) is 6.19. The zero-order valence-electron chi connectivity index (χ0n) is 21.9. The lowest BCUT2D eigenvalue weighted by Crippen LogP contribution is -2.66. The van der Waals surface area contributed by atoms with Crippen LogP contribution in [0.1, 0.15) is 20.8 Å². The van der Waals surface area contributed by atoms with Crippen molar-refractivity contribution in [3.05, 3.63) is 0 Å². The van der Waals surface area contributed by atoms with Crippen LogP contribution in [0.15, 0.2) is 0 Å². The van der Waals surface area contributed by atoms with Crippen LogP contribution in [0.25, 0.3) is 0 Å². The number of nitrogens with one attached hydrogen (secondary N) is 3. The molecule has 2 fully saturated rings. The summed E-state index contributed by atoms with van der Waals surface area (Å²) in [5.41, 5.74) is 0. The SMILES string of the molecule is CC(=O)N[C@@H]1[C@H](OCC(C)C(=O)NC(C)C(=O)NCC(=O)O)[C@H](O)[C@@H](O[C@@H]2O[C@H](CO)[C@@H](O)[C@H](O)[C@H]2O)O[C@@H]1O. The molecule has 18 nitrogen and oxygen atoms in total. The molecule has 2 rings (SSSR count). The molecular weight excluding hydrogens is 546 g/mol. The van der Waals surface area contributed by atoms with Crippen molar-refractivity contribution in [2.75, 3.05) is 19.8 Å². The number of carbonyl (C=O) groups excluding carboxylic acids is 3. The minimum absolute atomic E-state index is 0.410. The number of ether oxygens (including phenoxy) is 4. The molecule has 0 aromatic rings. The standard InChI is InChI=1S/C22H37N3O15/c1-7(18(34)24-8(2)19(35)23-4-11(28)29)6-37-17-12(25-9(3)27)20(36)39-22(16(17)33)40-21-15(32)14(31)13(30)10(5-26)38-21/h7-8,10,12-17,20-22,26,30-33,36H,4-6H2,1-3H3,(H,23,35)(H,24,34)(H,25,27)(H,28,29)/t7?,8?,10-,12-,13-,14+,15-,16+,17+,20+,21+,22-/m1/s1. The summed E-state index contributed by atoms with van der Waals surface area (Å²) < 4.78 is 21.5. The number of hydrogen-bond donors (Lipinski definition) is 10. The number of amides is 3. The minimum atomic E-state index is -1.85. The Morgan fingerprint density at radius 1 is 0.900 bits per heavy atom. The number of carboxylic acid groups (broad SMARTS) is 1. The first-order valence-electron chi connectivity index (χ1n) is 12.3. The quantitative estimate of drug-likeness (QED) is 0.102. The summed E-state index contributed by atoms with van der Waals surface area (Å²) in [6.45, 7) is 2.06. The van der Waals surface area contributed by atoms with Gasteiger partial charge in [0, 0.05) is 6.92 Å². The Morgan fingerprint density at radius 3 is 2.10 bits per heavy atom. The number of aliphatic carboxylic acids is 1. The molecule has 2 aliphatic rings. The fourth-order valence-corrected chi connectivity index (χ4v) is 3.92. The molecule has 2 heterocycles. The topological polar surface area (TPSA) is 283 Å². The smallest absolute Gasteiger partial charge is 0.322 e. The lowest BCUT2D eigenvalue weighted by molar-refractivity contribution is -0.386. The molecule has 0 aliphatic carbocycles. The van der Waals surface area contributed by atoms with Gasteiger partial charge in [-0.1, -0.05) is 6.92 Å². The molecule has 0 spiro atoms. The lowest BCUT2D eigenvalue weighted by Gasteiger charge is -2.45. The number of rotatable bonds is 12. The molecule has 18 heteroatoms. The molecule has 3 amide bonds. The van der Waals surface area contributed by atoms with E-state index in [4.69, 9.17) is 24.1 Å². The van der Waals surface area contributed by atoms with Crippen molar-refractivity contribution in [3.63, 3.8) is 0 Å². The largest absolute Gasteiger partial charge is 0.480 e. The van der Waals surface area contributed by atoms with Crippen LogP contribution in [0.4, 0.5) is 0 Å². The summed E-state index contributed by atoms with van der Waals surface area (Å²) >= 11 is 0. The molecule has 0 saturated carbocycles. The first-order valence-corrected chi connectivity index (χ1v) is 12.3. The summed E-state index contributed by atoms with van der Waals surface area (Å²) in [5, 5.41) is 76.4. The number of carboxylic acids is 1. The summed E-state index contributed by atoms with van der Waals surface area (Å²) in [4.78, 5) is 46.7. The summed E-state index contributed by atoms with van der Waals surface area (Å²) in [6.07, 6.45) is -15.3. The van der Waals surface area contributed by atoms with Gasteiger partial charge in [-0.25, -0.2) is 0 Å². The average molecular weight is 584 g/mol. The highest BCUT2D eigenvalue weighted by Gasteiger charge is 2.51. The first-order chi connectivity index (χ1) is 18.7. The predicted molar refractivity (Wildman–Crippen MR) is 126 cm³/mol. The van der Waals surface area contributed by atoms with E-state index in [0.717, 1.165) is 6.92 Å². The van der Waals surface area contributed by atoms with Crippen molar-refractivity contribution in [1.29, 1.82) is 0 Å². The van der Waals surface area contributed by atoms with E-state index < -0.39 is 117 Å². The van der Waals surface area contributed by atoms with Crippen molar-refractivity contribution in [2.24, 2.45) is 5.92 Å². The average Bonchev–Trinajstić information content (AvgIpc) is 2.89. The number of aliphatic hydroxyl groups is 6. The number of carbonyl (C=O) groups is 4. The predicted octanol–water partition coefficient (Wildman–Crippen LogP) is -5.93. The molecule has 230 valence electrons. The van der Waals surface area contributed by atoms with Crippen molar-refractivity contribution in [3.8, 4) is 0 Å². The van der Waals surface area contributed by atoms with E-state index in [9.17, 15) is 49.8 Å². The molecule has 0 aromatic carbocycles. The van der Waals surface area contributed by atoms with Gasteiger partial charge < -0.3 is 70.6 Å². The Bertz CT molecular complexity index is 892. The minimum Gasteiger partial charge on any atom is -0.480 e. The van der Waals surface area contributed by atoms with Gasteiger partial charge >= 0.3 is 5.97 Å². The van der Waals surface area contributed by atoms with E-state index >= 15 is 0 Å². The molecule has 40 heavy (non-hydrogen) atoms. The maximum Gasteiger partial charge on any atom is 0.322 e. The van der Waals surface area contributed by atoms with Gasteiger partial charge in [-0.3, -0.25) is 19.2 Å². The van der Waals surface area contributed by atoms with Crippen LogP contribution in [-0.2, 0) is 38.1 Å². The Kier molecular flexibility index (Phi) is 12.6. The molecular formula is C22H37N3O15. The number of hydrogen-bond acceptors (Lipinski definition) is 14. The monoisotopic (exact) mass is 583 g/mol. The summed E-state index contributed by atoms with van der Waals surface area (Å²) in [7, 11) is 0. The Labute approximate surface area is 228 Å². The highest BCUT2D eigenvalue weighted by molar-refractivity contribution is 5.89. The number of aliphatic hydroxyl groups excluding tert-OH is 6. The van der Waals surface area contributed by atoms with Crippen LogP contribution in [-0.4, -0.2) is 147 Å². The Balaban J connectivity index is 2.08. The van der Waals surface area contributed by atoms with Crippen LogP contribution < -0.4 is 16.0 Å². The third-order valence-corrected chi connectivity index (χ3v) is 6.19. The fraction of sp³-hybridized carbons (Fsp3) is 0.818. The van der Waals surface area contributed by atoms with Crippen LogP contribution >= 0.6 is 0 Å². The van der Waals surface area contributed by atoms with Gasteiger partial charge in [-0.05, 0) is 6.92 Å². The van der Waals surface area contributed by atoms with Crippen LogP contribution in [0, 0.1) is 5.92 Å². The maximum atomic E-state index is 12.5. The van der Waals surface area contributed by atoms with Gasteiger partial charge in [0.25, 0.3) is 0 Å². The second-order valence-electron chi connectivity index (χ2n) is 9.49. The van der Waals surface area contributed by atoms with Crippen molar-refractivity contribution in [1.82, 2.24) is 16.0 Å². The first kappa shape index (κ1) is 33.7. The highest BCUT2D eigenvalue weighted by Crippen LogP contribution is 2.29. The molecule has 0 bridgehead atoms. The van der Waals surface area contributed by atoms with Crippen molar-refractivity contribution >= 4 is 23.7 Å². The lowest BCUT2D eigenvalue weighted by atomic mass is 9.98. The summed E-state index contributed by atoms with van der Waals surface area (Å²) in [5.74, 6) is -4.28. The van der Waals surface area contributed by atoms with Crippen molar-refractivity contribution in [2.45, 2.75) is 88.3 Å². The molecule has 10 N–H and O–H groups in total. The summed E-state index contributed by atoms with van der Waals surface area (Å²) in [6, 6.07) is -2.45. The second kappa shape index (κ2) is 14.9. The van der Waals surface area contributed by atoms with E-state index in [0.29, 0.717) is 0 Å². The van der Waals surface area contributed by atoms with E-state index in [1.807, 2.05) is 0 Å². The third kappa shape index (κ3) is 8.74. The molecule has 0 aromatic heterocycles. The maximum absolute atomic E-state index is 12.5. The van der Waals surface area contributed by atoms with Gasteiger partial charge in [0.15, 0.2) is 18.9 Å². The van der Waals surface area contributed by atoms with Gasteiger partial charge in [0.1, 0.15) is 55.3 Å². The molecule has 2 unspecified atom stereocenters. The van der Waals surface area contributed by atoms with Crippen LogP contribution in [0.5, 0.6) is 0 Å². The normalized spacial score (nSPS) is 35.7. The van der Waals surface area contributed by atoms with Crippen molar-refractivity contribution < 1.29 is 73.9 Å². The van der Waals surface area contributed by atoms with E-state index in [-0.39, 0.29) is 0 Å². The molecule has 0 radical (unpaired) electrons. The zero-order valence-corrected chi connectivity index (χ0v) is 21.9. The van der Waals surface area contributed by atoms with Crippen LogP contribution in [0.3, 0.4) is 0 Å². The molecule has 2 saturated heterocycles.